The number of benzene rings is 5. The van der Waals surface area contributed by atoms with Crippen molar-refractivity contribution in [2.24, 2.45) is 0 Å². The summed E-state index contributed by atoms with van der Waals surface area (Å²) in [6.07, 6.45) is 0.629. The van der Waals surface area contributed by atoms with Crippen molar-refractivity contribution in [2.75, 3.05) is 0 Å². The van der Waals surface area contributed by atoms with E-state index < -0.39 is 5.97 Å². The zero-order valence-electron chi connectivity index (χ0n) is 22.2. The van der Waals surface area contributed by atoms with Crippen molar-refractivity contribution in [3.05, 3.63) is 142 Å². The van der Waals surface area contributed by atoms with E-state index in [-0.39, 0.29) is 23.3 Å². The number of aromatic carboxylic acids is 1. The van der Waals surface area contributed by atoms with Crippen LogP contribution in [-0.2, 0) is 6.42 Å². The second-order valence-electron chi connectivity index (χ2n) is 10.1. The molecule has 0 fully saturated rings. The number of hydrogen-bond donors (Lipinski definition) is 2. The quantitative estimate of drug-likeness (QED) is 0.206. The first kappa shape index (κ1) is 26.4. The highest BCUT2D eigenvalue weighted by Crippen LogP contribution is 2.36. The lowest BCUT2D eigenvalue weighted by molar-refractivity contribution is 0.0696. The second-order valence-corrected chi connectivity index (χ2v) is 11.1. The number of halogens is 1. The Morgan fingerprint density at radius 3 is 2.34 bits per heavy atom. The van der Waals surface area contributed by atoms with Crippen molar-refractivity contribution in [2.45, 2.75) is 19.4 Å². The van der Waals surface area contributed by atoms with Crippen LogP contribution in [0.2, 0.25) is 0 Å². The predicted molar refractivity (Wildman–Crippen MR) is 163 cm³/mol. The molecule has 6 heteroatoms. The maximum Gasteiger partial charge on any atom is 0.335 e. The molecule has 1 heterocycles. The first-order valence-corrected chi connectivity index (χ1v) is 14.2. The molecule has 0 radical (unpaired) electrons. The van der Waals surface area contributed by atoms with Crippen LogP contribution in [0.3, 0.4) is 0 Å². The molecule has 1 amide bonds. The van der Waals surface area contributed by atoms with Crippen molar-refractivity contribution in [3.8, 4) is 11.1 Å². The number of rotatable bonds is 7. The molecule has 0 saturated carbocycles. The van der Waals surface area contributed by atoms with E-state index in [0.717, 1.165) is 48.7 Å². The summed E-state index contributed by atoms with van der Waals surface area (Å²) in [5, 5.41) is 17.2. The van der Waals surface area contributed by atoms with E-state index in [4.69, 9.17) is 0 Å². The van der Waals surface area contributed by atoms with Gasteiger partial charge in [-0.05, 0) is 93.7 Å². The summed E-state index contributed by atoms with van der Waals surface area (Å²) in [5.41, 5.74) is 5.72. The summed E-state index contributed by atoms with van der Waals surface area (Å²) in [6.45, 7) is 1.89. The normalized spacial score (nSPS) is 12.0. The summed E-state index contributed by atoms with van der Waals surface area (Å²) < 4.78 is 14.7. The minimum absolute atomic E-state index is 0.198. The van der Waals surface area contributed by atoms with Gasteiger partial charge in [-0.15, -0.1) is 11.3 Å². The van der Waals surface area contributed by atoms with Crippen LogP contribution < -0.4 is 5.32 Å². The number of fused-ring (bicyclic) bond motifs is 2. The summed E-state index contributed by atoms with van der Waals surface area (Å²) in [6, 6.07) is 31.1. The van der Waals surface area contributed by atoms with Gasteiger partial charge in [-0.2, -0.15) is 0 Å². The monoisotopic (exact) mass is 559 g/mol. The first-order valence-electron chi connectivity index (χ1n) is 13.3. The largest absolute Gasteiger partial charge is 0.478 e. The number of thiophene rings is 1. The molecule has 0 saturated heterocycles. The number of amides is 1. The number of nitrogens with one attached hydrogen (secondary N) is 1. The Balaban J connectivity index is 1.38. The maximum absolute atomic E-state index is 13.9. The van der Waals surface area contributed by atoms with Gasteiger partial charge in [0.2, 0.25) is 0 Å². The maximum atomic E-state index is 13.9. The molecule has 41 heavy (non-hydrogen) atoms. The Morgan fingerprint density at radius 2 is 1.59 bits per heavy atom. The lowest BCUT2D eigenvalue weighted by atomic mass is 9.95. The molecule has 0 aliphatic heterocycles. The van der Waals surface area contributed by atoms with Gasteiger partial charge in [0.15, 0.2) is 0 Å². The zero-order chi connectivity index (χ0) is 28.5. The smallest absolute Gasteiger partial charge is 0.335 e. The fourth-order valence-corrected chi connectivity index (χ4v) is 6.23. The molecule has 0 spiro atoms. The van der Waals surface area contributed by atoms with Gasteiger partial charge in [-0.25, -0.2) is 9.18 Å². The average Bonchev–Trinajstić information content (AvgIpc) is 3.39. The molecule has 1 atom stereocenters. The molecular formula is C35H26FNO3S. The standard InChI is InChI=1S/C35H26FNO3S/c1-21(23-9-11-25(12-10-23)35(39)40)37-34(38)31-18-28(24-5-3-2-4-6-24)19-32-33(31)29(20-41-32)16-22-7-8-27-17-30(36)14-13-26(27)15-22/h2-15,17-21H,16H2,1H3,(H,37,38)(H,39,40)/t21-/m0/s1. The molecule has 1 aromatic heterocycles. The molecule has 0 aliphatic rings. The average molecular weight is 560 g/mol. The van der Waals surface area contributed by atoms with Gasteiger partial charge in [0, 0.05) is 15.6 Å². The van der Waals surface area contributed by atoms with E-state index in [1.54, 1.807) is 41.7 Å². The third-order valence-corrected chi connectivity index (χ3v) is 8.35. The molecule has 4 nitrogen and oxygen atoms in total. The Kier molecular flexibility index (Phi) is 7.08. The van der Waals surface area contributed by atoms with Crippen LogP contribution in [-0.4, -0.2) is 17.0 Å². The number of carboxylic acids is 1. The van der Waals surface area contributed by atoms with Crippen molar-refractivity contribution in [1.29, 1.82) is 0 Å². The van der Waals surface area contributed by atoms with Crippen LogP contribution in [0.1, 0.15) is 50.4 Å². The fourth-order valence-electron chi connectivity index (χ4n) is 5.21. The van der Waals surface area contributed by atoms with E-state index in [1.165, 1.54) is 12.1 Å². The SMILES string of the molecule is C[C@H](NC(=O)c1cc(-c2ccccc2)cc2scc(Cc3ccc4cc(F)ccc4c3)c12)c1ccc(C(=O)O)cc1. The van der Waals surface area contributed by atoms with Crippen molar-refractivity contribution in [3.63, 3.8) is 0 Å². The molecule has 0 bridgehead atoms. The Morgan fingerprint density at radius 1 is 0.854 bits per heavy atom. The Labute approximate surface area is 240 Å². The number of hydrogen-bond acceptors (Lipinski definition) is 3. The molecule has 0 unspecified atom stereocenters. The highest BCUT2D eigenvalue weighted by molar-refractivity contribution is 7.17. The van der Waals surface area contributed by atoms with E-state index >= 15 is 0 Å². The Bertz CT molecular complexity index is 1910. The van der Waals surface area contributed by atoms with E-state index in [1.807, 2.05) is 55.5 Å². The lowest BCUT2D eigenvalue weighted by Crippen LogP contribution is -2.27. The molecule has 0 aliphatic carbocycles. The van der Waals surface area contributed by atoms with Crippen LogP contribution in [0.15, 0.2) is 109 Å². The van der Waals surface area contributed by atoms with Gasteiger partial charge in [-0.1, -0.05) is 66.7 Å². The summed E-state index contributed by atoms with van der Waals surface area (Å²) in [5.74, 6) is -1.45. The molecule has 5 aromatic carbocycles. The summed E-state index contributed by atoms with van der Waals surface area (Å²) in [7, 11) is 0. The number of carbonyl (C=O) groups is 2. The highest BCUT2D eigenvalue weighted by Gasteiger charge is 2.20. The molecule has 6 rings (SSSR count). The third kappa shape index (κ3) is 5.47. The van der Waals surface area contributed by atoms with Gasteiger partial charge in [0.1, 0.15) is 5.82 Å². The van der Waals surface area contributed by atoms with Crippen LogP contribution in [0, 0.1) is 5.82 Å². The first-order chi connectivity index (χ1) is 19.9. The lowest BCUT2D eigenvalue weighted by Gasteiger charge is -2.17. The van der Waals surface area contributed by atoms with Crippen LogP contribution in [0.5, 0.6) is 0 Å². The van der Waals surface area contributed by atoms with Gasteiger partial charge >= 0.3 is 5.97 Å². The minimum atomic E-state index is -0.989. The predicted octanol–water partition coefficient (Wildman–Crippen LogP) is 8.64. The zero-order valence-corrected chi connectivity index (χ0v) is 23.0. The van der Waals surface area contributed by atoms with Crippen molar-refractivity contribution < 1.29 is 19.1 Å². The second kappa shape index (κ2) is 11.0. The molecular weight excluding hydrogens is 533 g/mol. The van der Waals surface area contributed by atoms with Crippen LogP contribution in [0.25, 0.3) is 32.0 Å². The van der Waals surface area contributed by atoms with Crippen LogP contribution >= 0.6 is 11.3 Å². The molecule has 2 N–H and O–H groups in total. The third-order valence-electron chi connectivity index (χ3n) is 7.37. The van der Waals surface area contributed by atoms with Crippen molar-refractivity contribution in [1.82, 2.24) is 5.32 Å². The van der Waals surface area contributed by atoms with Gasteiger partial charge in [0.25, 0.3) is 5.91 Å². The van der Waals surface area contributed by atoms with Crippen LogP contribution in [0.4, 0.5) is 4.39 Å². The fraction of sp³-hybridized carbons (Fsp3) is 0.0857. The highest BCUT2D eigenvalue weighted by atomic mass is 32.1. The van der Waals surface area contributed by atoms with Gasteiger partial charge in [-0.3, -0.25) is 4.79 Å². The molecule has 6 aromatic rings. The number of carboxylic acid groups (broad SMARTS) is 1. The number of carbonyl (C=O) groups excluding carboxylic acids is 1. The van der Waals surface area contributed by atoms with Gasteiger partial charge in [0.05, 0.1) is 11.6 Å². The Hall–Kier alpha value is -4.81. The summed E-state index contributed by atoms with van der Waals surface area (Å²) in [4.78, 5) is 25.1. The van der Waals surface area contributed by atoms with E-state index in [9.17, 15) is 19.1 Å². The summed E-state index contributed by atoms with van der Waals surface area (Å²) >= 11 is 1.61. The topological polar surface area (TPSA) is 66.4 Å². The van der Waals surface area contributed by atoms with Gasteiger partial charge < -0.3 is 10.4 Å². The van der Waals surface area contributed by atoms with Crippen molar-refractivity contribution >= 4 is 44.1 Å². The van der Waals surface area contributed by atoms with E-state index in [0.29, 0.717) is 12.0 Å². The van der Waals surface area contributed by atoms with E-state index in [2.05, 4.69) is 22.8 Å². The molecule has 202 valence electrons. The minimum Gasteiger partial charge on any atom is -0.478 e.